The lowest BCUT2D eigenvalue weighted by Crippen LogP contribution is -2.58. The quantitative estimate of drug-likeness (QED) is 0.327. The highest BCUT2D eigenvalue weighted by molar-refractivity contribution is 7.07. The Kier molecular flexibility index (Phi) is 5.35. The number of aromatic hydroxyl groups is 1. The van der Waals surface area contributed by atoms with Crippen molar-refractivity contribution in [3.8, 4) is 16.9 Å². The van der Waals surface area contributed by atoms with E-state index in [2.05, 4.69) is 16.3 Å². The van der Waals surface area contributed by atoms with Gasteiger partial charge in [-0.15, -0.1) is 0 Å². The van der Waals surface area contributed by atoms with Gasteiger partial charge in [0.1, 0.15) is 11.3 Å². The largest absolute Gasteiger partial charge is 0.508 e. The maximum absolute atomic E-state index is 15.8. The zero-order chi connectivity index (χ0) is 23.3. The molecule has 0 spiro atoms. The molecule has 0 atom stereocenters. The molecule has 3 N–H and O–H groups in total. The highest BCUT2D eigenvalue weighted by atomic mass is 35.5. The number of phenols is 1. The van der Waals surface area contributed by atoms with Crippen molar-refractivity contribution in [1.29, 1.82) is 0 Å². The SMILES string of the molecule is C=CC(=O)NC1(CO)CC(c2snc3c(F)c(-c4cc(O)cc5ccccc45)c(Cl)cc23)C1. The average molecular weight is 483 g/mol. The Morgan fingerprint density at radius 1 is 1.30 bits per heavy atom. The summed E-state index contributed by atoms with van der Waals surface area (Å²) in [5.41, 5.74) is 0.206. The van der Waals surface area contributed by atoms with Gasteiger partial charge in [-0.2, -0.15) is 4.37 Å². The Labute approximate surface area is 198 Å². The summed E-state index contributed by atoms with van der Waals surface area (Å²) in [5, 5.41) is 25.2. The summed E-state index contributed by atoms with van der Waals surface area (Å²) in [7, 11) is 0. The Balaban J connectivity index is 1.57. The first-order chi connectivity index (χ1) is 15.9. The van der Waals surface area contributed by atoms with E-state index in [1.54, 1.807) is 12.1 Å². The minimum atomic E-state index is -0.713. The van der Waals surface area contributed by atoms with Crippen molar-refractivity contribution in [2.75, 3.05) is 6.61 Å². The number of aliphatic hydroxyl groups excluding tert-OH is 1. The summed E-state index contributed by atoms with van der Waals surface area (Å²) in [5.74, 6) is -0.841. The van der Waals surface area contributed by atoms with Gasteiger partial charge in [0.15, 0.2) is 5.82 Å². The number of carbonyl (C=O) groups is 1. The van der Waals surface area contributed by atoms with E-state index >= 15 is 4.39 Å². The molecule has 168 valence electrons. The average Bonchev–Trinajstić information content (AvgIpc) is 3.19. The number of phenolic OH excluding ortho intramolecular Hbond substituents is 1. The van der Waals surface area contributed by atoms with Crippen LogP contribution < -0.4 is 5.32 Å². The van der Waals surface area contributed by atoms with Crippen molar-refractivity contribution in [3.63, 3.8) is 0 Å². The van der Waals surface area contributed by atoms with Crippen molar-refractivity contribution in [2.24, 2.45) is 0 Å². The fourth-order valence-electron chi connectivity index (χ4n) is 4.72. The van der Waals surface area contributed by atoms with Crippen molar-refractivity contribution in [1.82, 2.24) is 9.69 Å². The number of halogens is 2. The van der Waals surface area contributed by atoms with Crippen LogP contribution >= 0.6 is 23.1 Å². The van der Waals surface area contributed by atoms with Gasteiger partial charge in [0.25, 0.3) is 0 Å². The van der Waals surface area contributed by atoms with Crippen LogP contribution in [0.5, 0.6) is 5.75 Å². The first kappa shape index (κ1) is 21.8. The molecule has 3 aromatic carbocycles. The van der Waals surface area contributed by atoms with E-state index in [1.807, 2.05) is 24.3 Å². The molecule has 1 saturated carbocycles. The Bertz CT molecular complexity index is 1430. The lowest BCUT2D eigenvalue weighted by molar-refractivity contribution is -0.120. The van der Waals surface area contributed by atoms with Crippen LogP contribution in [0.2, 0.25) is 5.02 Å². The van der Waals surface area contributed by atoms with Gasteiger partial charge in [0, 0.05) is 21.7 Å². The molecule has 5 nitrogen and oxygen atoms in total. The minimum Gasteiger partial charge on any atom is -0.508 e. The molecule has 1 aliphatic carbocycles. The second kappa shape index (κ2) is 8.09. The van der Waals surface area contributed by atoms with Crippen molar-refractivity contribution >= 4 is 50.7 Å². The van der Waals surface area contributed by atoms with Gasteiger partial charge in [-0.3, -0.25) is 4.79 Å². The summed E-state index contributed by atoms with van der Waals surface area (Å²) >= 11 is 7.81. The molecule has 0 saturated heterocycles. The summed E-state index contributed by atoms with van der Waals surface area (Å²) in [6, 6.07) is 12.3. The van der Waals surface area contributed by atoms with Gasteiger partial charge in [-0.05, 0) is 65.0 Å². The zero-order valence-corrected chi connectivity index (χ0v) is 19.0. The lowest BCUT2D eigenvalue weighted by atomic mass is 9.67. The molecule has 0 aliphatic heterocycles. The molecule has 1 aliphatic rings. The molecule has 0 radical (unpaired) electrons. The van der Waals surface area contributed by atoms with Gasteiger partial charge < -0.3 is 15.5 Å². The van der Waals surface area contributed by atoms with E-state index in [9.17, 15) is 15.0 Å². The van der Waals surface area contributed by atoms with Crippen LogP contribution in [0.4, 0.5) is 4.39 Å². The molecular formula is C25H20ClFN2O3S. The normalized spacial score (nSPS) is 20.0. The molecule has 0 bridgehead atoms. The predicted octanol–water partition coefficient (Wildman–Crippen LogP) is 5.53. The zero-order valence-electron chi connectivity index (χ0n) is 17.4. The Morgan fingerprint density at radius 2 is 2.06 bits per heavy atom. The van der Waals surface area contributed by atoms with Crippen LogP contribution in [0.15, 0.2) is 55.1 Å². The summed E-state index contributed by atoms with van der Waals surface area (Å²) in [4.78, 5) is 12.6. The third kappa shape index (κ3) is 3.57. The molecule has 33 heavy (non-hydrogen) atoms. The van der Waals surface area contributed by atoms with E-state index in [1.165, 1.54) is 23.7 Å². The van der Waals surface area contributed by atoms with Gasteiger partial charge >= 0.3 is 0 Å². The topological polar surface area (TPSA) is 82.5 Å². The number of hydrogen-bond acceptors (Lipinski definition) is 5. The molecule has 8 heteroatoms. The molecule has 0 unspecified atom stereocenters. The van der Waals surface area contributed by atoms with Crippen LogP contribution in [-0.4, -0.2) is 32.6 Å². The van der Waals surface area contributed by atoms with Crippen molar-refractivity contribution < 1.29 is 19.4 Å². The number of aromatic nitrogens is 1. The number of fused-ring (bicyclic) bond motifs is 2. The van der Waals surface area contributed by atoms with Crippen LogP contribution in [0.25, 0.3) is 32.8 Å². The number of aliphatic hydroxyl groups is 1. The van der Waals surface area contributed by atoms with Crippen LogP contribution in [-0.2, 0) is 4.79 Å². The van der Waals surface area contributed by atoms with Crippen molar-refractivity contribution in [3.05, 3.63) is 70.8 Å². The van der Waals surface area contributed by atoms with E-state index in [-0.39, 0.29) is 40.3 Å². The summed E-state index contributed by atoms with van der Waals surface area (Å²) in [6.07, 6.45) is 2.20. The molecule has 1 fully saturated rings. The highest BCUT2D eigenvalue weighted by Gasteiger charge is 2.46. The third-order valence-electron chi connectivity index (χ3n) is 6.33. The van der Waals surface area contributed by atoms with Crippen molar-refractivity contribution in [2.45, 2.75) is 24.3 Å². The van der Waals surface area contributed by atoms with E-state index in [4.69, 9.17) is 11.6 Å². The highest BCUT2D eigenvalue weighted by Crippen LogP contribution is 2.50. The first-order valence-electron chi connectivity index (χ1n) is 10.4. The number of benzene rings is 3. The summed E-state index contributed by atoms with van der Waals surface area (Å²) < 4.78 is 20.2. The molecule has 4 aromatic rings. The molecule has 1 amide bonds. The molecule has 5 rings (SSSR count). The number of nitrogens with one attached hydrogen (secondary N) is 1. The Hall–Kier alpha value is -3.00. The second-order valence-corrected chi connectivity index (χ2v) is 9.65. The van der Waals surface area contributed by atoms with E-state index in [0.717, 1.165) is 15.6 Å². The maximum Gasteiger partial charge on any atom is 0.243 e. The van der Waals surface area contributed by atoms with Gasteiger partial charge in [-0.1, -0.05) is 42.4 Å². The molecule has 1 aromatic heterocycles. The standard InChI is InChI=1S/C25H20ClFN2O3S/c1-2-20(32)28-25(12-30)10-14(11-25)24-18-9-19(26)21(22(27)23(18)29-33-24)17-8-15(31)7-13-5-3-4-6-16(13)17/h2-9,14,30-31H,1,10-12H2,(H,28,32). The van der Waals surface area contributed by atoms with Gasteiger partial charge in [0.2, 0.25) is 5.91 Å². The molecule has 1 heterocycles. The summed E-state index contributed by atoms with van der Waals surface area (Å²) in [6.45, 7) is 3.26. The maximum atomic E-state index is 15.8. The molecular weight excluding hydrogens is 463 g/mol. The van der Waals surface area contributed by atoms with E-state index in [0.29, 0.717) is 23.8 Å². The number of nitrogens with zero attached hydrogens (tertiary/aromatic N) is 1. The second-order valence-electron chi connectivity index (χ2n) is 8.44. The van der Waals surface area contributed by atoms with Gasteiger partial charge in [0.05, 0.1) is 17.2 Å². The smallest absolute Gasteiger partial charge is 0.243 e. The van der Waals surface area contributed by atoms with Crippen LogP contribution in [0.1, 0.15) is 23.6 Å². The number of carbonyl (C=O) groups excluding carboxylic acids is 1. The van der Waals surface area contributed by atoms with Crippen LogP contribution in [0.3, 0.4) is 0 Å². The monoisotopic (exact) mass is 482 g/mol. The number of rotatable bonds is 5. The lowest BCUT2D eigenvalue weighted by Gasteiger charge is -2.46. The van der Waals surface area contributed by atoms with E-state index < -0.39 is 11.4 Å². The fourth-order valence-corrected chi connectivity index (χ4v) is 5.96. The first-order valence-corrected chi connectivity index (χ1v) is 11.6. The predicted molar refractivity (Wildman–Crippen MR) is 129 cm³/mol. The van der Waals surface area contributed by atoms with Crippen LogP contribution in [0, 0.1) is 5.82 Å². The minimum absolute atomic E-state index is 0.0141. The number of amides is 1. The number of hydrogen-bond donors (Lipinski definition) is 3. The van der Waals surface area contributed by atoms with Gasteiger partial charge in [-0.25, -0.2) is 4.39 Å². The third-order valence-corrected chi connectivity index (χ3v) is 7.65. The fraction of sp³-hybridized carbons (Fsp3) is 0.200. The Morgan fingerprint density at radius 3 is 2.79 bits per heavy atom.